The SMILES string of the molecule is CC(N)(Cc1c(F)cccc1Cl)N1CCCC1. The summed E-state index contributed by atoms with van der Waals surface area (Å²) >= 11 is 6.03. The summed E-state index contributed by atoms with van der Waals surface area (Å²) in [5.41, 5.74) is 6.29. The third kappa shape index (κ3) is 2.79. The van der Waals surface area contributed by atoms with E-state index in [0.29, 0.717) is 17.0 Å². The van der Waals surface area contributed by atoms with Gasteiger partial charge in [0, 0.05) is 17.0 Å². The van der Waals surface area contributed by atoms with Gasteiger partial charge in [0.1, 0.15) is 5.82 Å². The number of nitrogens with two attached hydrogens (primary N) is 1. The molecule has 1 heterocycles. The van der Waals surface area contributed by atoms with Crippen LogP contribution in [0.5, 0.6) is 0 Å². The second kappa shape index (κ2) is 4.92. The van der Waals surface area contributed by atoms with Crippen LogP contribution in [0.4, 0.5) is 4.39 Å². The molecule has 1 aliphatic heterocycles. The van der Waals surface area contributed by atoms with Crippen molar-refractivity contribution in [2.45, 2.75) is 31.8 Å². The highest BCUT2D eigenvalue weighted by molar-refractivity contribution is 6.31. The molecule has 94 valence electrons. The quantitative estimate of drug-likeness (QED) is 0.901. The van der Waals surface area contributed by atoms with Gasteiger partial charge in [0.15, 0.2) is 0 Å². The van der Waals surface area contributed by atoms with Gasteiger partial charge in [0.25, 0.3) is 0 Å². The van der Waals surface area contributed by atoms with Gasteiger partial charge >= 0.3 is 0 Å². The van der Waals surface area contributed by atoms with Crippen molar-refractivity contribution < 1.29 is 4.39 Å². The standard InChI is InChI=1S/C13H18ClFN2/c1-13(16,17-7-2-3-8-17)9-10-11(14)5-4-6-12(10)15/h4-6H,2-3,7-9,16H2,1H3. The van der Waals surface area contributed by atoms with Crippen molar-refractivity contribution in [1.82, 2.24) is 4.90 Å². The first kappa shape index (κ1) is 12.8. The van der Waals surface area contributed by atoms with E-state index >= 15 is 0 Å². The number of hydrogen-bond donors (Lipinski definition) is 1. The predicted molar refractivity (Wildman–Crippen MR) is 68.5 cm³/mol. The van der Waals surface area contributed by atoms with Gasteiger partial charge in [-0.2, -0.15) is 0 Å². The van der Waals surface area contributed by atoms with Crippen molar-refractivity contribution in [2.24, 2.45) is 5.73 Å². The Hall–Kier alpha value is -0.640. The van der Waals surface area contributed by atoms with Crippen molar-refractivity contribution in [3.8, 4) is 0 Å². The molecule has 1 unspecified atom stereocenters. The van der Waals surface area contributed by atoms with Crippen LogP contribution in [0.15, 0.2) is 18.2 Å². The molecule has 1 aromatic carbocycles. The van der Waals surface area contributed by atoms with E-state index in [1.165, 1.54) is 6.07 Å². The zero-order valence-electron chi connectivity index (χ0n) is 10.0. The van der Waals surface area contributed by atoms with Crippen LogP contribution in [0.3, 0.4) is 0 Å². The van der Waals surface area contributed by atoms with Crippen LogP contribution in [0, 0.1) is 5.82 Å². The van der Waals surface area contributed by atoms with Gasteiger partial charge in [-0.25, -0.2) is 4.39 Å². The molecule has 1 fully saturated rings. The number of nitrogens with zero attached hydrogens (tertiary/aromatic N) is 1. The molecule has 0 aromatic heterocycles. The van der Waals surface area contributed by atoms with Crippen LogP contribution in [0.1, 0.15) is 25.3 Å². The minimum absolute atomic E-state index is 0.270. The van der Waals surface area contributed by atoms with Gasteiger partial charge in [-0.1, -0.05) is 17.7 Å². The average Bonchev–Trinajstić information content (AvgIpc) is 2.77. The zero-order chi connectivity index (χ0) is 12.5. The molecule has 0 bridgehead atoms. The normalized spacial score (nSPS) is 20.5. The van der Waals surface area contributed by atoms with Gasteiger partial charge in [0.05, 0.1) is 5.66 Å². The molecule has 1 aliphatic rings. The van der Waals surface area contributed by atoms with Gasteiger partial charge < -0.3 is 5.73 Å². The maximum atomic E-state index is 13.7. The minimum Gasteiger partial charge on any atom is -0.313 e. The Labute approximate surface area is 107 Å². The number of halogens is 2. The lowest BCUT2D eigenvalue weighted by Crippen LogP contribution is -2.54. The van der Waals surface area contributed by atoms with Crippen LogP contribution in [0.25, 0.3) is 0 Å². The Balaban J connectivity index is 2.19. The van der Waals surface area contributed by atoms with Crippen LogP contribution >= 0.6 is 11.6 Å². The van der Waals surface area contributed by atoms with Crippen LogP contribution in [0.2, 0.25) is 5.02 Å². The molecule has 0 spiro atoms. The number of hydrogen-bond acceptors (Lipinski definition) is 2. The van der Waals surface area contributed by atoms with Gasteiger partial charge in [-0.3, -0.25) is 4.90 Å². The smallest absolute Gasteiger partial charge is 0.128 e. The third-order valence-electron chi connectivity index (χ3n) is 3.42. The van der Waals surface area contributed by atoms with Crippen LogP contribution < -0.4 is 5.73 Å². The Morgan fingerprint density at radius 1 is 1.41 bits per heavy atom. The zero-order valence-corrected chi connectivity index (χ0v) is 10.8. The minimum atomic E-state index is -0.525. The summed E-state index contributed by atoms with van der Waals surface area (Å²) in [5.74, 6) is -0.270. The van der Waals surface area contributed by atoms with E-state index in [-0.39, 0.29) is 5.82 Å². The summed E-state index contributed by atoms with van der Waals surface area (Å²) < 4.78 is 13.7. The van der Waals surface area contributed by atoms with Crippen molar-refractivity contribution in [2.75, 3.05) is 13.1 Å². The maximum Gasteiger partial charge on any atom is 0.128 e. The average molecular weight is 257 g/mol. The lowest BCUT2D eigenvalue weighted by Gasteiger charge is -2.35. The molecule has 0 saturated carbocycles. The first-order chi connectivity index (χ1) is 8.00. The fourth-order valence-corrected chi connectivity index (χ4v) is 2.63. The second-order valence-corrected chi connectivity index (χ2v) is 5.34. The van der Waals surface area contributed by atoms with Crippen molar-refractivity contribution in [3.05, 3.63) is 34.6 Å². The highest BCUT2D eigenvalue weighted by Crippen LogP contribution is 2.26. The molecule has 2 nitrogen and oxygen atoms in total. The van der Waals surface area contributed by atoms with Gasteiger partial charge in [-0.05, 0) is 45.0 Å². The fourth-order valence-electron chi connectivity index (χ4n) is 2.40. The van der Waals surface area contributed by atoms with E-state index in [4.69, 9.17) is 17.3 Å². The molecule has 1 atom stereocenters. The third-order valence-corrected chi connectivity index (χ3v) is 3.78. The summed E-state index contributed by atoms with van der Waals surface area (Å²) in [6.07, 6.45) is 2.77. The Morgan fingerprint density at radius 2 is 2.06 bits per heavy atom. The molecule has 1 saturated heterocycles. The molecule has 0 radical (unpaired) electrons. The van der Waals surface area contributed by atoms with E-state index in [1.54, 1.807) is 12.1 Å². The van der Waals surface area contributed by atoms with Gasteiger partial charge in [0.2, 0.25) is 0 Å². The number of likely N-dealkylation sites (tertiary alicyclic amines) is 1. The molecular weight excluding hydrogens is 239 g/mol. The highest BCUT2D eigenvalue weighted by Gasteiger charge is 2.31. The lowest BCUT2D eigenvalue weighted by molar-refractivity contribution is 0.140. The second-order valence-electron chi connectivity index (χ2n) is 4.93. The van der Waals surface area contributed by atoms with E-state index in [9.17, 15) is 4.39 Å². The summed E-state index contributed by atoms with van der Waals surface area (Å²) in [7, 11) is 0. The molecule has 4 heteroatoms. The molecule has 0 aliphatic carbocycles. The van der Waals surface area contributed by atoms with E-state index in [1.807, 2.05) is 6.92 Å². The predicted octanol–water partition coefficient (Wildman–Crippen LogP) is 2.79. The molecule has 1 aromatic rings. The van der Waals surface area contributed by atoms with Crippen molar-refractivity contribution in [1.29, 1.82) is 0 Å². The molecular formula is C13H18ClFN2. The van der Waals surface area contributed by atoms with E-state index in [2.05, 4.69) is 4.90 Å². The lowest BCUT2D eigenvalue weighted by atomic mass is 10.00. The van der Waals surface area contributed by atoms with E-state index in [0.717, 1.165) is 25.9 Å². The molecule has 0 amide bonds. The van der Waals surface area contributed by atoms with Crippen molar-refractivity contribution >= 4 is 11.6 Å². The molecule has 2 rings (SSSR count). The Morgan fingerprint density at radius 3 is 2.65 bits per heavy atom. The maximum absolute atomic E-state index is 13.7. The summed E-state index contributed by atoms with van der Waals surface area (Å²) in [6, 6.07) is 4.76. The summed E-state index contributed by atoms with van der Waals surface area (Å²) in [4.78, 5) is 2.20. The fraction of sp³-hybridized carbons (Fsp3) is 0.538. The Bertz CT molecular complexity index is 380. The van der Waals surface area contributed by atoms with Gasteiger partial charge in [-0.15, -0.1) is 0 Å². The number of benzene rings is 1. The topological polar surface area (TPSA) is 29.3 Å². The summed E-state index contributed by atoms with van der Waals surface area (Å²) in [6.45, 7) is 3.92. The number of rotatable bonds is 3. The summed E-state index contributed by atoms with van der Waals surface area (Å²) in [5, 5.41) is 0.459. The molecule has 17 heavy (non-hydrogen) atoms. The van der Waals surface area contributed by atoms with Crippen molar-refractivity contribution in [3.63, 3.8) is 0 Å². The first-order valence-corrected chi connectivity index (χ1v) is 6.35. The highest BCUT2D eigenvalue weighted by atomic mass is 35.5. The monoisotopic (exact) mass is 256 g/mol. The van der Waals surface area contributed by atoms with Crippen LogP contribution in [-0.4, -0.2) is 23.7 Å². The largest absolute Gasteiger partial charge is 0.313 e. The van der Waals surface area contributed by atoms with Crippen LogP contribution in [-0.2, 0) is 6.42 Å². The Kier molecular flexibility index (Phi) is 3.71. The molecule has 2 N–H and O–H groups in total. The first-order valence-electron chi connectivity index (χ1n) is 5.97. The van der Waals surface area contributed by atoms with E-state index < -0.39 is 5.66 Å².